The van der Waals surface area contributed by atoms with Crippen molar-refractivity contribution in [1.29, 1.82) is 0 Å². The predicted molar refractivity (Wildman–Crippen MR) is 47.2 cm³/mol. The number of Topliss-reactive ketones (excluding diaryl/α,β-unsaturated/α-hetero) is 1. The molecule has 0 aliphatic carbocycles. The number of alkyl halides is 3. The molecular weight excluding hydrogens is 209 g/mol. The number of nitrogens with zero attached hydrogens (tertiary/aromatic N) is 2. The van der Waals surface area contributed by atoms with Gasteiger partial charge in [-0.05, 0) is 0 Å². The Balaban J connectivity index is 2.38. The van der Waals surface area contributed by atoms with Gasteiger partial charge in [-0.3, -0.25) is 4.79 Å². The minimum Gasteiger partial charge on any atom is -0.338 e. The molecule has 6 heteroatoms. The van der Waals surface area contributed by atoms with Gasteiger partial charge >= 0.3 is 6.18 Å². The van der Waals surface area contributed by atoms with Crippen molar-refractivity contribution in [3.05, 3.63) is 18.2 Å². The van der Waals surface area contributed by atoms with Crippen molar-refractivity contribution in [3.63, 3.8) is 0 Å². The first-order chi connectivity index (χ1) is 6.88. The van der Waals surface area contributed by atoms with E-state index in [1.165, 1.54) is 0 Å². The van der Waals surface area contributed by atoms with Crippen LogP contribution in [0.3, 0.4) is 0 Å². The standard InChI is InChI=1S/C9H11F3N2O/c1-14-5-4-13-8(14)3-2-7(15)6-9(10,11)12/h4-5H,2-3,6H2,1H3. The fraction of sp³-hybridized carbons (Fsp3) is 0.556. The largest absolute Gasteiger partial charge is 0.395 e. The van der Waals surface area contributed by atoms with Crippen LogP contribution in [0.4, 0.5) is 13.2 Å². The van der Waals surface area contributed by atoms with Crippen molar-refractivity contribution < 1.29 is 18.0 Å². The fourth-order valence-corrected chi connectivity index (χ4v) is 1.20. The van der Waals surface area contributed by atoms with Gasteiger partial charge < -0.3 is 4.57 Å². The first-order valence-electron chi connectivity index (χ1n) is 4.43. The van der Waals surface area contributed by atoms with E-state index in [1.54, 1.807) is 24.0 Å². The topological polar surface area (TPSA) is 34.9 Å². The van der Waals surface area contributed by atoms with E-state index >= 15 is 0 Å². The number of halogens is 3. The molecule has 0 fully saturated rings. The molecule has 0 aliphatic rings. The molecule has 3 nitrogen and oxygen atoms in total. The molecule has 1 aromatic heterocycles. The van der Waals surface area contributed by atoms with Crippen molar-refractivity contribution in [2.45, 2.75) is 25.4 Å². The van der Waals surface area contributed by atoms with Crippen molar-refractivity contribution in [1.82, 2.24) is 9.55 Å². The number of aromatic nitrogens is 2. The molecule has 1 heterocycles. The maximum absolute atomic E-state index is 11.8. The number of imidazole rings is 1. The number of rotatable bonds is 4. The fourth-order valence-electron chi connectivity index (χ4n) is 1.20. The summed E-state index contributed by atoms with van der Waals surface area (Å²) in [6.07, 6.45) is -2.40. The quantitative estimate of drug-likeness (QED) is 0.776. The molecule has 0 bridgehead atoms. The zero-order chi connectivity index (χ0) is 11.5. The smallest absolute Gasteiger partial charge is 0.338 e. The molecule has 0 radical (unpaired) electrons. The van der Waals surface area contributed by atoms with E-state index < -0.39 is 18.4 Å². The molecule has 0 spiro atoms. The first kappa shape index (κ1) is 11.7. The maximum atomic E-state index is 11.8. The summed E-state index contributed by atoms with van der Waals surface area (Å²) in [5, 5.41) is 0. The van der Waals surface area contributed by atoms with Crippen LogP contribution in [0.25, 0.3) is 0 Å². The molecule has 1 rings (SSSR count). The molecule has 15 heavy (non-hydrogen) atoms. The van der Waals surface area contributed by atoms with Crippen molar-refractivity contribution in [2.75, 3.05) is 0 Å². The molecule has 0 aliphatic heterocycles. The average Bonchev–Trinajstić information content (AvgIpc) is 2.44. The van der Waals surface area contributed by atoms with Crippen LogP contribution in [0.2, 0.25) is 0 Å². The summed E-state index contributed by atoms with van der Waals surface area (Å²) in [5.41, 5.74) is 0. The lowest BCUT2D eigenvalue weighted by Crippen LogP contribution is -2.15. The first-order valence-corrected chi connectivity index (χ1v) is 4.43. The second kappa shape index (κ2) is 4.46. The third kappa shape index (κ3) is 4.14. The average molecular weight is 220 g/mol. The molecule has 1 aromatic rings. The SMILES string of the molecule is Cn1ccnc1CCC(=O)CC(F)(F)F. The van der Waals surface area contributed by atoms with Gasteiger partial charge in [0.15, 0.2) is 0 Å². The van der Waals surface area contributed by atoms with Gasteiger partial charge in [-0.2, -0.15) is 13.2 Å². The van der Waals surface area contributed by atoms with E-state index in [4.69, 9.17) is 0 Å². The van der Waals surface area contributed by atoms with E-state index in [-0.39, 0.29) is 12.8 Å². The lowest BCUT2D eigenvalue weighted by Gasteiger charge is -2.05. The van der Waals surface area contributed by atoms with Gasteiger partial charge in [0.1, 0.15) is 18.0 Å². The summed E-state index contributed by atoms with van der Waals surface area (Å²) < 4.78 is 37.1. The molecular formula is C9H11F3N2O. The second-order valence-corrected chi connectivity index (χ2v) is 3.29. The molecule has 84 valence electrons. The van der Waals surface area contributed by atoms with E-state index in [9.17, 15) is 18.0 Å². The summed E-state index contributed by atoms with van der Waals surface area (Å²) in [5.74, 6) is -0.184. The van der Waals surface area contributed by atoms with Crippen LogP contribution in [0.15, 0.2) is 12.4 Å². The third-order valence-corrected chi connectivity index (χ3v) is 1.95. The van der Waals surface area contributed by atoms with Crippen LogP contribution in [0.1, 0.15) is 18.7 Å². The van der Waals surface area contributed by atoms with Crippen molar-refractivity contribution in [2.24, 2.45) is 7.05 Å². The van der Waals surface area contributed by atoms with Gasteiger partial charge in [-0.1, -0.05) is 0 Å². The molecule has 0 atom stereocenters. The zero-order valence-electron chi connectivity index (χ0n) is 8.21. The van der Waals surface area contributed by atoms with Gasteiger partial charge in [0, 0.05) is 32.3 Å². The van der Waals surface area contributed by atoms with Crippen molar-refractivity contribution in [3.8, 4) is 0 Å². The monoisotopic (exact) mass is 220 g/mol. The normalized spacial score (nSPS) is 11.7. The van der Waals surface area contributed by atoms with Gasteiger partial charge in [0.2, 0.25) is 0 Å². The van der Waals surface area contributed by atoms with Crippen LogP contribution in [0, 0.1) is 0 Å². The van der Waals surface area contributed by atoms with Gasteiger partial charge in [0.05, 0.1) is 0 Å². The Morgan fingerprint density at radius 3 is 2.67 bits per heavy atom. The highest BCUT2D eigenvalue weighted by Gasteiger charge is 2.30. The minimum atomic E-state index is -4.40. The number of carbonyl (C=O) groups excluding carboxylic acids is 1. The maximum Gasteiger partial charge on any atom is 0.395 e. The predicted octanol–water partition coefficient (Wildman–Crippen LogP) is 1.87. The van der Waals surface area contributed by atoms with Gasteiger partial charge in [0.25, 0.3) is 0 Å². The van der Waals surface area contributed by atoms with Crippen molar-refractivity contribution >= 4 is 5.78 Å². The Labute approximate surface area is 84.9 Å². The summed E-state index contributed by atoms with van der Waals surface area (Å²) >= 11 is 0. The number of aryl methyl sites for hydroxylation is 2. The van der Waals surface area contributed by atoms with Crippen LogP contribution >= 0.6 is 0 Å². The second-order valence-electron chi connectivity index (χ2n) is 3.29. The van der Waals surface area contributed by atoms with E-state index in [0.717, 1.165) is 0 Å². The summed E-state index contributed by atoms with van der Waals surface area (Å²) in [4.78, 5) is 14.8. The molecule has 0 amide bonds. The number of hydrogen-bond donors (Lipinski definition) is 0. The van der Waals surface area contributed by atoms with Crippen LogP contribution in [-0.4, -0.2) is 21.5 Å². The molecule has 0 unspecified atom stereocenters. The van der Waals surface area contributed by atoms with Crippen LogP contribution in [0.5, 0.6) is 0 Å². The molecule has 0 aromatic carbocycles. The minimum absolute atomic E-state index is 0.121. The van der Waals surface area contributed by atoms with Gasteiger partial charge in [-0.15, -0.1) is 0 Å². The number of carbonyl (C=O) groups is 1. The highest BCUT2D eigenvalue weighted by atomic mass is 19.4. The summed E-state index contributed by atoms with van der Waals surface area (Å²) in [6, 6.07) is 0. The summed E-state index contributed by atoms with van der Waals surface area (Å²) in [6.45, 7) is 0. The number of ketones is 1. The highest BCUT2D eigenvalue weighted by molar-refractivity contribution is 5.79. The Bertz CT molecular complexity index is 343. The number of hydrogen-bond acceptors (Lipinski definition) is 2. The Morgan fingerprint density at radius 2 is 2.20 bits per heavy atom. The van der Waals surface area contributed by atoms with E-state index in [1.807, 2.05) is 0 Å². The molecule has 0 saturated heterocycles. The van der Waals surface area contributed by atoms with E-state index in [0.29, 0.717) is 5.82 Å². The summed E-state index contributed by atoms with van der Waals surface area (Å²) in [7, 11) is 1.73. The Hall–Kier alpha value is -1.33. The third-order valence-electron chi connectivity index (χ3n) is 1.95. The van der Waals surface area contributed by atoms with Crippen LogP contribution in [-0.2, 0) is 18.3 Å². The Morgan fingerprint density at radius 1 is 1.53 bits per heavy atom. The van der Waals surface area contributed by atoms with Gasteiger partial charge in [-0.25, -0.2) is 4.98 Å². The molecule has 0 saturated carbocycles. The Kier molecular flexibility index (Phi) is 3.49. The lowest BCUT2D eigenvalue weighted by atomic mass is 10.1. The molecule has 0 N–H and O–H groups in total. The van der Waals surface area contributed by atoms with Crippen LogP contribution < -0.4 is 0 Å². The lowest BCUT2D eigenvalue weighted by molar-refractivity contribution is -0.152. The highest BCUT2D eigenvalue weighted by Crippen LogP contribution is 2.20. The van der Waals surface area contributed by atoms with E-state index in [2.05, 4.69) is 4.98 Å². The zero-order valence-corrected chi connectivity index (χ0v) is 8.21.